The van der Waals surface area contributed by atoms with Crippen molar-refractivity contribution in [2.24, 2.45) is 5.92 Å². The summed E-state index contributed by atoms with van der Waals surface area (Å²) in [5, 5.41) is 12.2. The van der Waals surface area contributed by atoms with Gasteiger partial charge >= 0.3 is 0 Å². The Labute approximate surface area is 91.0 Å². The van der Waals surface area contributed by atoms with Crippen molar-refractivity contribution in [3.05, 3.63) is 0 Å². The standard InChI is InChI=1S/C11H21NO3/c1-3-4-9(13)7-12-11(14)10-5-6-15-8(10)2/h8-10,13H,3-7H2,1-2H3,(H,12,14). The Morgan fingerprint density at radius 1 is 1.67 bits per heavy atom. The number of carbonyl (C=O) groups excluding carboxylic acids is 1. The predicted octanol–water partition coefficient (Wildman–Crippen LogP) is 0.689. The van der Waals surface area contributed by atoms with E-state index >= 15 is 0 Å². The molecule has 3 atom stereocenters. The second-order valence-electron chi connectivity index (χ2n) is 4.16. The van der Waals surface area contributed by atoms with E-state index in [0.717, 1.165) is 19.3 Å². The number of hydrogen-bond acceptors (Lipinski definition) is 3. The quantitative estimate of drug-likeness (QED) is 0.709. The third-order valence-corrected chi connectivity index (χ3v) is 2.85. The first-order valence-electron chi connectivity index (χ1n) is 5.72. The molecule has 1 fully saturated rings. The van der Waals surface area contributed by atoms with Crippen LogP contribution in [0.5, 0.6) is 0 Å². The SMILES string of the molecule is CCCC(O)CNC(=O)C1CCOC1C. The van der Waals surface area contributed by atoms with Gasteiger partial charge in [-0.3, -0.25) is 4.79 Å². The van der Waals surface area contributed by atoms with Crippen molar-refractivity contribution in [1.29, 1.82) is 0 Å². The first-order valence-corrected chi connectivity index (χ1v) is 5.72. The van der Waals surface area contributed by atoms with Gasteiger partial charge in [0.1, 0.15) is 0 Å². The summed E-state index contributed by atoms with van der Waals surface area (Å²) in [6.45, 7) is 4.95. The van der Waals surface area contributed by atoms with E-state index in [1.54, 1.807) is 0 Å². The van der Waals surface area contributed by atoms with Crippen LogP contribution in [-0.2, 0) is 9.53 Å². The number of ether oxygens (including phenoxy) is 1. The van der Waals surface area contributed by atoms with Crippen molar-refractivity contribution < 1.29 is 14.6 Å². The first kappa shape index (κ1) is 12.5. The molecule has 0 saturated carbocycles. The van der Waals surface area contributed by atoms with Gasteiger partial charge in [0.25, 0.3) is 0 Å². The van der Waals surface area contributed by atoms with Crippen LogP contribution >= 0.6 is 0 Å². The topological polar surface area (TPSA) is 58.6 Å². The lowest BCUT2D eigenvalue weighted by Crippen LogP contribution is -2.38. The van der Waals surface area contributed by atoms with E-state index in [-0.39, 0.29) is 17.9 Å². The van der Waals surface area contributed by atoms with E-state index in [9.17, 15) is 9.90 Å². The van der Waals surface area contributed by atoms with Gasteiger partial charge in [0, 0.05) is 13.2 Å². The molecule has 0 aromatic rings. The molecular formula is C11H21NO3. The second kappa shape index (κ2) is 6.08. The fraction of sp³-hybridized carbons (Fsp3) is 0.909. The zero-order valence-corrected chi connectivity index (χ0v) is 9.53. The van der Waals surface area contributed by atoms with Crippen LogP contribution < -0.4 is 5.32 Å². The van der Waals surface area contributed by atoms with Gasteiger partial charge in [-0.05, 0) is 19.8 Å². The van der Waals surface area contributed by atoms with Crippen LogP contribution in [0.25, 0.3) is 0 Å². The zero-order chi connectivity index (χ0) is 11.3. The van der Waals surface area contributed by atoms with Crippen molar-refractivity contribution in [3.8, 4) is 0 Å². The smallest absolute Gasteiger partial charge is 0.225 e. The molecule has 1 aliphatic heterocycles. The van der Waals surface area contributed by atoms with Gasteiger partial charge in [0.15, 0.2) is 0 Å². The average molecular weight is 215 g/mol. The third kappa shape index (κ3) is 3.80. The number of aliphatic hydroxyl groups is 1. The predicted molar refractivity (Wildman–Crippen MR) is 57.4 cm³/mol. The fourth-order valence-corrected chi connectivity index (χ4v) is 1.86. The molecule has 1 amide bonds. The minimum atomic E-state index is -0.420. The molecule has 1 heterocycles. The van der Waals surface area contributed by atoms with Gasteiger partial charge in [-0.25, -0.2) is 0 Å². The highest BCUT2D eigenvalue weighted by Crippen LogP contribution is 2.20. The van der Waals surface area contributed by atoms with Crippen molar-refractivity contribution >= 4 is 5.91 Å². The minimum absolute atomic E-state index is 0.00770. The van der Waals surface area contributed by atoms with Crippen molar-refractivity contribution in [2.75, 3.05) is 13.2 Å². The molecule has 4 nitrogen and oxygen atoms in total. The molecule has 3 unspecified atom stereocenters. The number of rotatable bonds is 5. The van der Waals surface area contributed by atoms with E-state index in [4.69, 9.17) is 4.74 Å². The molecule has 88 valence electrons. The molecule has 0 aliphatic carbocycles. The van der Waals surface area contributed by atoms with Crippen LogP contribution in [0.15, 0.2) is 0 Å². The normalized spacial score (nSPS) is 27.7. The van der Waals surface area contributed by atoms with Gasteiger partial charge in [-0.1, -0.05) is 13.3 Å². The molecular weight excluding hydrogens is 194 g/mol. The molecule has 15 heavy (non-hydrogen) atoms. The van der Waals surface area contributed by atoms with Crippen LogP contribution in [0.4, 0.5) is 0 Å². The number of aliphatic hydroxyl groups excluding tert-OH is 1. The molecule has 0 bridgehead atoms. The van der Waals surface area contributed by atoms with Crippen molar-refractivity contribution in [3.63, 3.8) is 0 Å². The number of nitrogens with one attached hydrogen (secondary N) is 1. The van der Waals surface area contributed by atoms with E-state index in [1.165, 1.54) is 0 Å². The van der Waals surface area contributed by atoms with Crippen LogP contribution in [0, 0.1) is 5.92 Å². The Balaban J connectivity index is 2.23. The highest BCUT2D eigenvalue weighted by molar-refractivity contribution is 5.79. The maximum absolute atomic E-state index is 11.7. The summed E-state index contributed by atoms with van der Waals surface area (Å²) in [5.41, 5.74) is 0. The largest absolute Gasteiger partial charge is 0.391 e. The van der Waals surface area contributed by atoms with Crippen LogP contribution in [0.1, 0.15) is 33.1 Å². The molecule has 4 heteroatoms. The molecule has 0 aromatic heterocycles. The highest BCUT2D eigenvalue weighted by Gasteiger charge is 2.30. The lowest BCUT2D eigenvalue weighted by Gasteiger charge is -2.16. The highest BCUT2D eigenvalue weighted by atomic mass is 16.5. The van der Waals surface area contributed by atoms with E-state index in [0.29, 0.717) is 13.2 Å². The van der Waals surface area contributed by atoms with Gasteiger partial charge in [-0.15, -0.1) is 0 Å². The summed E-state index contributed by atoms with van der Waals surface area (Å²) in [4.78, 5) is 11.7. The third-order valence-electron chi connectivity index (χ3n) is 2.85. The Morgan fingerprint density at radius 3 is 2.93 bits per heavy atom. The number of carbonyl (C=O) groups is 1. The van der Waals surface area contributed by atoms with Gasteiger partial charge in [0.2, 0.25) is 5.91 Å². The monoisotopic (exact) mass is 215 g/mol. The Hall–Kier alpha value is -0.610. The van der Waals surface area contributed by atoms with Crippen LogP contribution in [-0.4, -0.2) is 36.4 Å². The molecule has 2 N–H and O–H groups in total. The van der Waals surface area contributed by atoms with Crippen molar-refractivity contribution in [2.45, 2.75) is 45.3 Å². The minimum Gasteiger partial charge on any atom is -0.391 e. The molecule has 1 saturated heterocycles. The average Bonchev–Trinajstić information content (AvgIpc) is 2.61. The molecule has 1 aliphatic rings. The Kier molecular flexibility index (Phi) is 5.05. The summed E-state index contributed by atoms with van der Waals surface area (Å²) >= 11 is 0. The zero-order valence-electron chi connectivity index (χ0n) is 9.53. The maximum Gasteiger partial charge on any atom is 0.225 e. The first-order chi connectivity index (χ1) is 7.15. The molecule has 0 aromatic carbocycles. The molecule has 1 rings (SSSR count). The van der Waals surface area contributed by atoms with E-state index in [1.807, 2.05) is 13.8 Å². The van der Waals surface area contributed by atoms with E-state index in [2.05, 4.69) is 5.32 Å². The van der Waals surface area contributed by atoms with Gasteiger partial charge in [0.05, 0.1) is 18.1 Å². The van der Waals surface area contributed by atoms with Gasteiger partial charge < -0.3 is 15.2 Å². The fourth-order valence-electron chi connectivity index (χ4n) is 1.86. The van der Waals surface area contributed by atoms with Crippen molar-refractivity contribution in [1.82, 2.24) is 5.32 Å². The lowest BCUT2D eigenvalue weighted by atomic mass is 10.0. The van der Waals surface area contributed by atoms with Gasteiger partial charge in [-0.2, -0.15) is 0 Å². The Bertz CT molecular complexity index is 208. The Morgan fingerprint density at radius 2 is 2.40 bits per heavy atom. The lowest BCUT2D eigenvalue weighted by molar-refractivity contribution is -0.126. The molecule has 0 radical (unpaired) electrons. The van der Waals surface area contributed by atoms with Crippen LogP contribution in [0.3, 0.4) is 0 Å². The van der Waals surface area contributed by atoms with Crippen LogP contribution in [0.2, 0.25) is 0 Å². The second-order valence-corrected chi connectivity index (χ2v) is 4.16. The number of amides is 1. The van der Waals surface area contributed by atoms with E-state index < -0.39 is 6.10 Å². The number of hydrogen-bond donors (Lipinski definition) is 2. The maximum atomic E-state index is 11.7. The summed E-state index contributed by atoms with van der Waals surface area (Å²) < 4.78 is 5.32. The summed E-state index contributed by atoms with van der Waals surface area (Å²) in [5.74, 6) is -0.0334. The summed E-state index contributed by atoms with van der Waals surface area (Å²) in [7, 11) is 0. The summed E-state index contributed by atoms with van der Waals surface area (Å²) in [6, 6.07) is 0. The summed E-state index contributed by atoms with van der Waals surface area (Å²) in [6.07, 6.45) is 2.04. The molecule has 0 spiro atoms.